The molecule has 0 amide bonds. The van der Waals surface area contributed by atoms with Crippen molar-refractivity contribution in [3.8, 4) is 11.3 Å². The Morgan fingerprint density at radius 2 is 1.80 bits per heavy atom. The van der Waals surface area contributed by atoms with E-state index < -0.39 is 5.97 Å². The molecule has 25 heavy (non-hydrogen) atoms. The lowest BCUT2D eigenvalue weighted by atomic mass is 10.1. The molecular weight excluding hydrogens is 316 g/mol. The fourth-order valence-electron chi connectivity index (χ4n) is 2.66. The highest BCUT2D eigenvalue weighted by molar-refractivity contribution is 5.88. The van der Waals surface area contributed by atoms with Crippen LogP contribution in [-0.4, -0.2) is 25.4 Å². The van der Waals surface area contributed by atoms with Gasteiger partial charge >= 0.3 is 5.97 Å². The molecule has 0 saturated carbocycles. The van der Waals surface area contributed by atoms with E-state index >= 15 is 0 Å². The van der Waals surface area contributed by atoms with Gasteiger partial charge in [-0.05, 0) is 24.3 Å². The van der Waals surface area contributed by atoms with Crippen LogP contribution in [0.25, 0.3) is 16.9 Å². The lowest BCUT2D eigenvalue weighted by Gasteiger charge is -2.09. The van der Waals surface area contributed by atoms with Gasteiger partial charge in [0, 0.05) is 23.6 Å². The van der Waals surface area contributed by atoms with E-state index in [1.165, 1.54) is 0 Å². The highest BCUT2D eigenvalue weighted by Crippen LogP contribution is 2.30. The summed E-state index contributed by atoms with van der Waals surface area (Å²) in [5.74, 6) is -0.149. The molecule has 0 spiro atoms. The van der Waals surface area contributed by atoms with Crippen molar-refractivity contribution in [2.45, 2.75) is 0 Å². The number of benzene rings is 2. The predicted molar refractivity (Wildman–Crippen MR) is 95.1 cm³/mol. The number of hydrogen-bond donors (Lipinski definition) is 2. The van der Waals surface area contributed by atoms with Crippen LogP contribution in [0, 0.1) is 0 Å². The van der Waals surface area contributed by atoms with Crippen LogP contribution in [0.3, 0.4) is 0 Å². The second-order valence-electron chi connectivity index (χ2n) is 5.49. The molecule has 0 radical (unpaired) electrons. The standard InChI is InChI=1S/C19H14N4O2/c24-19(25)14-6-8-15(9-7-14)21-18-17(13-4-2-1-3-5-13)22-16-12-20-10-11-23(16)18/h1-12,21H,(H,24,25). The monoisotopic (exact) mass is 330 g/mol. The van der Waals surface area contributed by atoms with Crippen molar-refractivity contribution in [3.63, 3.8) is 0 Å². The number of imidazole rings is 1. The molecule has 0 unspecified atom stereocenters. The number of carboxylic acids is 1. The first-order valence-corrected chi connectivity index (χ1v) is 7.70. The molecular formula is C19H14N4O2. The maximum atomic E-state index is 11.0. The number of nitrogens with zero attached hydrogens (tertiary/aromatic N) is 3. The Morgan fingerprint density at radius 1 is 1.04 bits per heavy atom. The SMILES string of the molecule is O=C(O)c1ccc(Nc2c(-c3ccccc3)nc3cnccn23)cc1. The van der Waals surface area contributed by atoms with Crippen molar-refractivity contribution < 1.29 is 9.90 Å². The molecule has 2 aromatic heterocycles. The number of aromatic carboxylic acids is 1. The molecule has 4 aromatic rings. The molecule has 0 atom stereocenters. The molecule has 0 fully saturated rings. The van der Waals surface area contributed by atoms with E-state index in [0.717, 1.165) is 28.4 Å². The summed E-state index contributed by atoms with van der Waals surface area (Å²) >= 11 is 0. The van der Waals surface area contributed by atoms with Gasteiger partial charge in [0.25, 0.3) is 0 Å². The zero-order valence-corrected chi connectivity index (χ0v) is 13.1. The fourth-order valence-corrected chi connectivity index (χ4v) is 2.66. The number of carboxylic acid groups (broad SMARTS) is 1. The van der Waals surface area contributed by atoms with E-state index in [2.05, 4.69) is 15.3 Å². The Kier molecular flexibility index (Phi) is 3.63. The molecule has 122 valence electrons. The van der Waals surface area contributed by atoms with Crippen LogP contribution < -0.4 is 5.32 Å². The second kappa shape index (κ2) is 6.09. The quantitative estimate of drug-likeness (QED) is 0.594. The van der Waals surface area contributed by atoms with Crippen molar-refractivity contribution in [1.82, 2.24) is 14.4 Å². The molecule has 2 aromatic carbocycles. The Bertz CT molecular complexity index is 1040. The van der Waals surface area contributed by atoms with Crippen molar-refractivity contribution in [1.29, 1.82) is 0 Å². The molecule has 6 heteroatoms. The Labute approximate surface area is 143 Å². The number of carbonyl (C=O) groups is 1. The van der Waals surface area contributed by atoms with Crippen LogP contribution in [0.4, 0.5) is 11.5 Å². The normalized spacial score (nSPS) is 10.7. The second-order valence-corrected chi connectivity index (χ2v) is 5.49. The first-order valence-electron chi connectivity index (χ1n) is 7.70. The van der Waals surface area contributed by atoms with E-state index in [4.69, 9.17) is 5.11 Å². The number of hydrogen-bond acceptors (Lipinski definition) is 4. The maximum Gasteiger partial charge on any atom is 0.335 e. The fraction of sp³-hybridized carbons (Fsp3) is 0. The summed E-state index contributed by atoms with van der Waals surface area (Å²) in [5, 5.41) is 12.4. The topological polar surface area (TPSA) is 79.5 Å². The Hall–Kier alpha value is -3.67. The van der Waals surface area contributed by atoms with Gasteiger partial charge in [0.15, 0.2) is 5.65 Å². The molecule has 2 heterocycles. The predicted octanol–water partition coefficient (Wildman–Crippen LogP) is 3.84. The molecule has 2 N–H and O–H groups in total. The summed E-state index contributed by atoms with van der Waals surface area (Å²) < 4.78 is 1.92. The third kappa shape index (κ3) is 2.81. The van der Waals surface area contributed by atoms with Crippen LogP contribution in [0.2, 0.25) is 0 Å². The summed E-state index contributed by atoms with van der Waals surface area (Å²) in [4.78, 5) is 19.8. The zero-order valence-electron chi connectivity index (χ0n) is 13.1. The summed E-state index contributed by atoms with van der Waals surface area (Å²) in [7, 11) is 0. The first-order chi connectivity index (χ1) is 12.2. The van der Waals surface area contributed by atoms with Crippen LogP contribution in [-0.2, 0) is 0 Å². The molecule has 4 rings (SSSR count). The van der Waals surface area contributed by atoms with E-state index in [0.29, 0.717) is 0 Å². The summed E-state index contributed by atoms with van der Waals surface area (Å²) in [6.45, 7) is 0. The molecule has 0 bridgehead atoms. The highest BCUT2D eigenvalue weighted by Gasteiger charge is 2.14. The van der Waals surface area contributed by atoms with Gasteiger partial charge in [-0.3, -0.25) is 9.38 Å². The minimum Gasteiger partial charge on any atom is -0.478 e. The molecule has 0 aliphatic heterocycles. The number of aromatic nitrogens is 3. The number of rotatable bonds is 4. The van der Waals surface area contributed by atoms with E-state index in [-0.39, 0.29) is 5.56 Å². The first kappa shape index (κ1) is 14.9. The highest BCUT2D eigenvalue weighted by atomic mass is 16.4. The summed E-state index contributed by atoms with van der Waals surface area (Å²) in [6.07, 6.45) is 5.23. The molecule has 0 aliphatic carbocycles. The van der Waals surface area contributed by atoms with Gasteiger partial charge in [0.2, 0.25) is 0 Å². The van der Waals surface area contributed by atoms with E-state index in [9.17, 15) is 4.79 Å². The molecule has 6 nitrogen and oxygen atoms in total. The Morgan fingerprint density at radius 3 is 2.52 bits per heavy atom. The van der Waals surface area contributed by atoms with E-state index in [1.54, 1.807) is 36.7 Å². The lowest BCUT2D eigenvalue weighted by molar-refractivity contribution is 0.0697. The van der Waals surface area contributed by atoms with Crippen molar-refractivity contribution in [3.05, 3.63) is 78.8 Å². The Balaban J connectivity index is 1.81. The minimum atomic E-state index is -0.947. The van der Waals surface area contributed by atoms with Gasteiger partial charge in [0.1, 0.15) is 11.5 Å². The summed E-state index contributed by atoms with van der Waals surface area (Å²) in [5.41, 5.74) is 3.54. The zero-order chi connectivity index (χ0) is 17.2. The molecule has 0 aliphatic rings. The van der Waals surface area contributed by atoms with Gasteiger partial charge in [0.05, 0.1) is 11.8 Å². The third-order valence-corrected chi connectivity index (χ3v) is 3.87. The van der Waals surface area contributed by atoms with Gasteiger partial charge in [-0.25, -0.2) is 9.78 Å². The number of nitrogens with one attached hydrogen (secondary N) is 1. The van der Waals surface area contributed by atoms with Crippen molar-refractivity contribution in [2.75, 3.05) is 5.32 Å². The third-order valence-electron chi connectivity index (χ3n) is 3.87. The van der Waals surface area contributed by atoms with Crippen molar-refractivity contribution in [2.24, 2.45) is 0 Å². The number of anilines is 2. The van der Waals surface area contributed by atoms with Gasteiger partial charge in [-0.1, -0.05) is 30.3 Å². The molecule has 0 saturated heterocycles. The van der Waals surface area contributed by atoms with Crippen LogP contribution in [0.15, 0.2) is 73.2 Å². The largest absolute Gasteiger partial charge is 0.478 e. The number of fused-ring (bicyclic) bond motifs is 1. The minimum absolute atomic E-state index is 0.246. The lowest BCUT2D eigenvalue weighted by Crippen LogP contribution is -1.99. The van der Waals surface area contributed by atoms with Gasteiger partial charge in [-0.15, -0.1) is 0 Å². The average molecular weight is 330 g/mol. The van der Waals surface area contributed by atoms with Crippen LogP contribution >= 0.6 is 0 Å². The maximum absolute atomic E-state index is 11.0. The van der Waals surface area contributed by atoms with Gasteiger partial charge < -0.3 is 10.4 Å². The van der Waals surface area contributed by atoms with E-state index in [1.807, 2.05) is 40.9 Å². The average Bonchev–Trinajstić information content (AvgIpc) is 3.02. The van der Waals surface area contributed by atoms with Gasteiger partial charge in [-0.2, -0.15) is 0 Å². The van der Waals surface area contributed by atoms with Crippen molar-refractivity contribution >= 4 is 23.1 Å². The van der Waals surface area contributed by atoms with Crippen LogP contribution in [0.1, 0.15) is 10.4 Å². The smallest absolute Gasteiger partial charge is 0.335 e. The summed E-state index contributed by atoms with van der Waals surface area (Å²) in [6, 6.07) is 16.5. The van der Waals surface area contributed by atoms with Crippen LogP contribution in [0.5, 0.6) is 0 Å².